The molecule has 5 heteroatoms. The van der Waals surface area contributed by atoms with Gasteiger partial charge >= 0.3 is 0 Å². The van der Waals surface area contributed by atoms with Crippen LogP contribution in [0.15, 0.2) is 12.4 Å². The second kappa shape index (κ2) is 5.69. The zero-order chi connectivity index (χ0) is 15.1. The van der Waals surface area contributed by atoms with Crippen molar-refractivity contribution in [3.63, 3.8) is 0 Å². The minimum absolute atomic E-state index is 0.219. The van der Waals surface area contributed by atoms with Crippen molar-refractivity contribution in [3.05, 3.63) is 18.2 Å². The molecule has 1 atom stereocenters. The number of hydrogen-bond donors (Lipinski definition) is 1. The fourth-order valence-corrected chi connectivity index (χ4v) is 4.03. The first-order valence-corrected chi connectivity index (χ1v) is 8.80. The maximum Gasteiger partial charge on any atom is 0.226 e. The van der Waals surface area contributed by atoms with Gasteiger partial charge in [-0.25, -0.2) is 4.98 Å². The lowest BCUT2D eigenvalue weighted by Crippen LogP contribution is -2.52. The van der Waals surface area contributed by atoms with Crippen LogP contribution in [0.3, 0.4) is 0 Å². The highest BCUT2D eigenvalue weighted by Gasteiger charge is 2.47. The van der Waals surface area contributed by atoms with Gasteiger partial charge < -0.3 is 9.88 Å². The van der Waals surface area contributed by atoms with Crippen molar-refractivity contribution >= 4 is 5.91 Å². The molecule has 1 amide bonds. The van der Waals surface area contributed by atoms with Crippen molar-refractivity contribution in [1.82, 2.24) is 19.8 Å². The maximum atomic E-state index is 13.0. The van der Waals surface area contributed by atoms with E-state index in [9.17, 15) is 4.79 Å². The summed E-state index contributed by atoms with van der Waals surface area (Å²) in [5.74, 6) is 3.12. The van der Waals surface area contributed by atoms with Crippen molar-refractivity contribution in [1.29, 1.82) is 0 Å². The molecule has 3 fully saturated rings. The van der Waals surface area contributed by atoms with Gasteiger partial charge in [0.05, 0.1) is 6.04 Å². The van der Waals surface area contributed by atoms with Gasteiger partial charge in [-0.1, -0.05) is 6.92 Å². The molecule has 1 aliphatic heterocycles. The summed E-state index contributed by atoms with van der Waals surface area (Å²) in [5.41, 5.74) is 0. The Morgan fingerprint density at radius 1 is 1.32 bits per heavy atom. The van der Waals surface area contributed by atoms with E-state index in [1.807, 2.05) is 6.20 Å². The van der Waals surface area contributed by atoms with E-state index < -0.39 is 0 Å². The molecule has 1 saturated heterocycles. The molecule has 5 nitrogen and oxygen atoms in total. The van der Waals surface area contributed by atoms with Gasteiger partial charge in [0.1, 0.15) is 5.82 Å². The van der Waals surface area contributed by atoms with Crippen LogP contribution in [0.2, 0.25) is 0 Å². The van der Waals surface area contributed by atoms with Crippen molar-refractivity contribution in [2.24, 2.45) is 17.8 Å². The lowest BCUT2D eigenvalue weighted by molar-refractivity contribution is -0.140. The smallest absolute Gasteiger partial charge is 0.226 e. The summed E-state index contributed by atoms with van der Waals surface area (Å²) < 4.78 is 0. The molecule has 3 aliphatic rings. The Morgan fingerprint density at radius 2 is 2.05 bits per heavy atom. The lowest BCUT2D eigenvalue weighted by atomic mass is 9.95. The van der Waals surface area contributed by atoms with Crippen molar-refractivity contribution in [3.8, 4) is 0 Å². The number of amides is 1. The molecule has 0 spiro atoms. The first-order valence-electron chi connectivity index (χ1n) is 8.80. The monoisotopic (exact) mass is 302 g/mol. The van der Waals surface area contributed by atoms with Crippen molar-refractivity contribution in [2.45, 2.75) is 38.6 Å². The van der Waals surface area contributed by atoms with Crippen LogP contribution in [0.5, 0.6) is 0 Å². The van der Waals surface area contributed by atoms with Gasteiger partial charge in [-0.3, -0.25) is 9.69 Å². The molecular formula is C17H26N4O. The largest absolute Gasteiger partial charge is 0.347 e. The Balaban J connectivity index is 1.49. The molecule has 1 aromatic rings. The number of carbonyl (C=O) groups excluding carboxylic acids is 1. The van der Waals surface area contributed by atoms with E-state index in [4.69, 9.17) is 0 Å². The molecule has 2 saturated carbocycles. The van der Waals surface area contributed by atoms with Crippen LogP contribution in [-0.2, 0) is 4.79 Å². The Hall–Kier alpha value is -1.36. The molecule has 2 heterocycles. The van der Waals surface area contributed by atoms with E-state index in [-0.39, 0.29) is 6.04 Å². The molecular weight excluding hydrogens is 276 g/mol. The van der Waals surface area contributed by atoms with Crippen molar-refractivity contribution < 1.29 is 4.79 Å². The fraction of sp³-hybridized carbons (Fsp3) is 0.765. The Bertz CT molecular complexity index is 509. The topological polar surface area (TPSA) is 52.2 Å². The zero-order valence-corrected chi connectivity index (χ0v) is 13.4. The summed E-state index contributed by atoms with van der Waals surface area (Å²) >= 11 is 0. The van der Waals surface area contributed by atoms with Crippen LogP contribution in [0.25, 0.3) is 0 Å². The van der Waals surface area contributed by atoms with E-state index in [2.05, 4.69) is 26.7 Å². The van der Waals surface area contributed by atoms with Crippen molar-refractivity contribution in [2.75, 3.05) is 26.2 Å². The van der Waals surface area contributed by atoms with E-state index in [1.54, 1.807) is 6.20 Å². The standard InChI is InChI=1S/C17H26N4O/c1-2-20-9-10-21(11-14(20)16-18-7-8-19-16)17(22)15(12-3-4-12)13-5-6-13/h7-8,12-15H,2-6,9-11H2,1H3,(H,18,19)/t14-/m1/s1. The van der Waals surface area contributed by atoms with Gasteiger partial charge in [0.15, 0.2) is 0 Å². The first kappa shape index (κ1) is 14.2. The Morgan fingerprint density at radius 3 is 2.59 bits per heavy atom. The summed E-state index contributed by atoms with van der Waals surface area (Å²) in [7, 11) is 0. The second-order valence-electron chi connectivity index (χ2n) is 7.10. The van der Waals surface area contributed by atoms with Crippen LogP contribution < -0.4 is 0 Å². The van der Waals surface area contributed by atoms with Crippen LogP contribution in [0.1, 0.15) is 44.5 Å². The average molecular weight is 302 g/mol. The maximum absolute atomic E-state index is 13.0. The third-order valence-electron chi connectivity index (χ3n) is 5.59. The number of piperazine rings is 1. The number of H-pyrrole nitrogens is 1. The molecule has 22 heavy (non-hydrogen) atoms. The normalized spacial score (nSPS) is 26.6. The van der Waals surface area contributed by atoms with Crippen LogP contribution >= 0.6 is 0 Å². The summed E-state index contributed by atoms with van der Waals surface area (Å²) in [5, 5.41) is 0. The summed E-state index contributed by atoms with van der Waals surface area (Å²) in [6, 6.07) is 0.219. The molecule has 1 N–H and O–H groups in total. The lowest BCUT2D eigenvalue weighted by Gasteiger charge is -2.41. The number of aromatic nitrogens is 2. The predicted molar refractivity (Wildman–Crippen MR) is 84.1 cm³/mol. The third-order valence-corrected chi connectivity index (χ3v) is 5.59. The molecule has 0 unspecified atom stereocenters. The number of nitrogens with one attached hydrogen (secondary N) is 1. The highest BCUT2D eigenvalue weighted by atomic mass is 16.2. The fourth-order valence-electron chi connectivity index (χ4n) is 4.03. The molecule has 2 aliphatic carbocycles. The highest BCUT2D eigenvalue weighted by Crippen LogP contribution is 2.50. The number of nitrogens with zero attached hydrogens (tertiary/aromatic N) is 3. The second-order valence-corrected chi connectivity index (χ2v) is 7.10. The molecule has 0 aromatic carbocycles. The number of hydrogen-bond acceptors (Lipinski definition) is 3. The molecule has 4 rings (SSSR count). The van der Waals surface area contributed by atoms with E-state index in [0.29, 0.717) is 23.7 Å². The van der Waals surface area contributed by atoms with Crippen LogP contribution in [-0.4, -0.2) is 51.9 Å². The average Bonchev–Trinajstić information content (AvgIpc) is 3.48. The SMILES string of the molecule is CCN1CCN(C(=O)C(C2CC2)C2CC2)C[C@@H]1c1ncc[nH]1. The minimum Gasteiger partial charge on any atom is -0.347 e. The number of aromatic amines is 1. The Labute approximate surface area is 132 Å². The number of likely N-dealkylation sites (N-methyl/N-ethyl adjacent to an activating group) is 1. The number of rotatable bonds is 5. The third kappa shape index (κ3) is 2.67. The zero-order valence-electron chi connectivity index (χ0n) is 13.4. The minimum atomic E-state index is 0.219. The Kier molecular flexibility index (Phi) is 3.68. The first-order chi connectivity index (χ1) is 10.8. The van der Waals surface area contributed by atoms with E-state index >= 15 is 0 Å². The van der Waals surface area contributed by atoms with Gasteiger partial charge in [0, 0.05) is 37.9 Å². The van der Waals surface area contributed by atoms with Gasteiger partial charge in [0.2, 0.25) is 5.91 Å². The molecule has 1 aromatic heterocycles. The van der Waals surface area contributed by atoms with Crippen LogP contribution in [0.4, 0.5) is 0 Å². The molecule has 0 bridgehead atoms. The van der Waals surface area contributed by atoms with Gasteiger partial charge in [-0.05, 0) is 44.1 Å². The highest BCUT2D eigenvalue weighted by molar-refractivity contribution is 5.80. The molecule has 120 valence electrons. The van der Waals surface area contributed by atoms with Crippen LogP contribution in [0, 0.1) is 17.8 Å². The quantitative estimate of drug-likeness (QED) is 0.905. The summed E-state index contributed by atoms with van der Waals surface area (Å²) in [6.45, 7) is 5.80. The molecule has 0 radical (unpaired) electrons. The van der Waals surface area contributed by atoms with E-state index in [1.165, 1.54) is 25.7 Å². The van der Waals surface area contributed by atoms with Gasteiger partial charge in [-0.2, -0.15) is 0 Å². The summed E-state index contributed by atoms with van der Waals surface area (Å²) in [4.78, 5) is 25.3. The van der Waals surface area contributed by atoms with E-state index in [0.717, 1.165) is 32.0 Å². The predicted octanol–water partition coefficient (Wildman–Crippen LogP) is 2.05. The van der Waals surface area contributed by atoms with Gasteiger partial charge in [-0.15, -0.1) is 0 Å². The number of carbonyl (C=O) groups is 1. The summed E-state index contributed by atoms with van der Waals surface area (Å²) in [6.07, 6.45) is 8.75. The van der Waals surface area contributed by atoms with Gasteiger partial charge in [0.25, 0.3) is 0 Å². The number of imidazole rings is 1.